The molecule has 0 saturated heterocycles. The molecule has 3 rings (SSSR count). The molecule has 2 aromatic heterocycles. The van der Waals surface area contributed by atoms with Crippen molar-refractivity contribution in [3.05, 3.63) is 54.6 Å². The molecule has 0 atom stereocenters. The van der Waals surface area contributed by atoms with E-state index in [1.165, 1.54) is 4.90 Å². The third-order valence-corrected chi connectivity index (χ3v) is 4.42. The fourth-order valence-electron chi connectivity index (χ4n) is 2.23. The summed E-state index contributed by atoms with van der Waals surface area (Å²) < 4.78 is 5.29. The second-order valence-electron chi connectivity index (χ2n) is 5.37. The number of hydrogen-bond acceptors (Lipinski definition) is 5. The zero-order valence-corrected chi connectivity index (χ0v) is 15.4. The van der Waals surface area contributed by atoms with E-state index in [4.69, 9.17) is 4.42 Å². The molecule has 0 unspecified atom stereocenters. The van der Waals surface area contributed by atoms with Gasteiger partial charge in [0, 0.05) is 23.7 Å². The first-order valence-corrected chi connectivity index (χ1v) is 9.49. The Labute approximate surface area is 156 Å². The number of H-pyrrole nitrogens is 1. The van der Waals surface area contributed by atoms with Crippen LogP contribution in [-0.4, -0.2) is 40.0 Å². The summed E-state index contributed by atoms with van der Waals surface area (Å²) in [5, 5.41) is 13.6. The van der Waals surface area contributed by atoms with Crippen LogP contribution in [0, 0.1) is 0 Å². The van der Waals surface area contributed by atoms with Gasteiger partial charge < -0.3 is 15.1 Å². The lowest BCUT2D eigenvalue weighted by molar-refractivity contribution is 0.577. The number of nitrogens with zero attached hydrogens (tertiary/aromatic N) is 3. The number of benzene rings is 1. The van der Waals surface area contributed by atoms with E-state index in [1.54, 1.807) is 6.26 Å². The number of furan rings is 1. The maximum Gasteiger partial charge on any atom is 0.216 e. The molecule has 0 aliphatic heterocycles. The summed E-state index contributed by atoms with van der Waals surface area (Å²) in [5.41, 5.74) is 0. The molecule has 0 amide bonds. The van der Waals surface area contributed by atoms with Crippen LogP contribution in [0.25, 0.3) is 11.6 Å². The number of hydrogen-bond donors (Lipinski definition) is 3. The summed E-state index contributed by atoms with van der Waals surface area (Å²) in [6.45, 7) is 4.07. The molecule has 8 heteroatoms. The van der Waals surface area contributed by atoms with Crippen molar-refractivity contribution in [1.29, 1.82) is 0 Å². The largest absolute Gasteiger partial charge is 0.461 e. The van der Waals surface area contributed by atoms with Crippen LogP contribution in [0.1, 0.15) is 12.7 Å². The fraction of sp³-hybridized carbons (Fsp3) is 0.278. The average Bonchev–Trinajstić information content (AvgIpc) is 3.35. The highest BCUT2D eigenvalue weighted by molar-refractivity contribution is 7.99. The Morgan fingerprint density at radius 1 is 1.19 bits per heavy atom. The zero-order chi connectivity index (χ0) is 18.0. The topological polar surface area (TPSA) is 91.1 Å². The Balaban J connectivity index is 1.49. The van der Waals surface area contributed by atoms with Crippen molar-refractivity contribution in [1.82, 2.24) is 25.8 Å². The van der Waals surface area contributed by atoms with Gasteiger partial charge in [-0.05, 0) is 31.2 Å². The van der Waals surface area contributed by atoms with Crippen molar-refractivity contribution in [3.63, 3.8) is 0 Å². The smallest absolute Gasteiger partial charge is 0.216 e. The Bertz CT molecular complexity index is 800. The predicted molar refractivity (Wildman–Crippen MR) is 104 cm³/mol. The Morgan fingerprint density at radius 2 is 2.08 bits per heavy atom. The van der Waals surface area contributed by atoms with Gasteiger partial charge in [-0.25, -0.2) is 9.98 Å². The van der Waals surface area contributed by atoms with Crippen molar-refractivity contribution >= 4 is 17.7 Å². The van der Waals surface area contributed by atoms with E-state index in [-0.39, 0.29) is 0 Å². The highest BCUT2D eigenvalue weighted by Crippen LogP contribution is 2.16. The molecule has 26 heavy (non-hydrogen) atoms. The third-order valence-electron chi connectivity index (χ3n) is 3.41. The summed E-state index contributed by atoms with van der Waals surface area (Å²) in [6, 6.07) is 14.0. The number of aromatic amines is 1. The third kappa shape index (κ3) is 5.38. The summed E-state index contributed by atoms with van der Waals surface area (Å²) in [7, 11) is 0. The number of thioether (sulfide) groups is 1. The van der Waals surface area contributed by atoms with Crippen LogP contribution in [-0.2, 0) is 6.54 Å². The molecule has 0 saturated carbocycles. The average molecular weight is 370 g/mol. The van der Waals surface area contributed by atoms with Gasteiger partial charge in [0.15, 0.2) is 11.7 Å². The quantitative estimate of drug-likeness (QED) is 0.244. The van der Waals surface area contributed by atoms with E-state index >= 15 is 0 Å². The second-order valence-corrected chi connectivity index (χ2v) is 6.53. The minimum atomic E-state index is 0.412. The minimum absolute atomic E-state index is 0.412. The van der Waals surface area contributed by atoms with Crippen molar-refractivity contribution in [3.8, 4) is 11.6 Å². The van der Waals surface area contributed by atoms with Gasteiger partial charge in [0.2, 0.25) is 5.82 Å². The molecular weight excluding hydrogens is 348 g/mol. The number of aliphatic imine (C=N–C) groups is 1. The van der Waals surface area contributed by atoms with E-state index in [9.17, 15) is 0 Å². The van der Waals surface area contributed by atoms with Gasteiger partial charge in [0.05, 0.1) is 6.26 Å². The lowest BCUT2D eigenvalue weighted by atomic mass is 10.4. The Kier molecular flexibility index (Phi) is 6.72. The van der Waals surface area contributed by atoms with Crippen LogP contribution in [0.4, 0.5) is 0 Å². The van der Waals surface area contributed by atoms with Crippen LogP contribution in [0.5, 0.6) is 0 Å². The first-order chi connectivity index (χ1) is 12.8. The first-order valence-electron chi connectivity index (χ1n) is 8.50. The summed E-state index contributed by atoms with van der Waals surface area (Å²) >= 11 is 1.81. The molecule has 7 nitrogen and oxygen atoms in total. The fourth-order valence-corrected chi connectivity index (χ4v) is 3.02. The summed E-state index contributed by atoms with van der Waals surface area (Å²) in [4.78, 5) is 10.2. The van der Waals surface area contributed by atoms with Crippen LogP contribution in [0.2, 0.25) is 0 Å². The molecule has 0 aliphatic rings. The van der Waals surface area contributed by atoms with Gasteiger partial charge in [-0.2, -0.15) is 0 Å². The van der Waals surface area contributed by atoms with Crippen molar-refractivity contribution in [2.24, 2.45) is 4.99 Å². The Hall–Kier alpha value is -2.74. The molecule has 0 fully saturated rings. The molecule has 0 aliphatic carbocycles. The Morgan fingerprint density at radius 3 is 2.85 bits per heavy atom. The molecule has 0 radical (unpaired) electrons. The second kappa shape index (κ2) is 9.67. The van der Waals surface area contributed by atoms with Crippen LogP contribution in [0.3, 0.4) is 0 Å². The zero-order valence-electron chi connectivity index (χ0n) is 14.6. The van der Waals surface area contributed by atoms with E-state index in [2.05, 4.69) is 55.1 Å². The highest BCUT2D eigenvalue weighted by Gasteiger charge is 2.08. The van der Waals surface area contributed by atoms with Crippen LogP contribution >= 0.6 is 11.8 Å². The van der Waals surface area contributed by atoms with Gasteiger partial charge >= 0.3 is 0 Å². The van der Waals surface area contributed by atoms with Crippen molar-refractivity contribution < 1.29 is 4.42 Å². The predicted octanol–water partition coefficient (Wildman–Crippen LogP) is 2.91. The lowest BCUT2D eigenvalue weighted by Gasteiger charge is -2.10. The molecule has 2 heterocycles. The summed E-state index contributed by atoms with van der Waals surface area (Å²) in [5.74, 6) is 3.58. The van der Waals surface area contributed by atoms with Crippen molar-refractivity contribution in [2.45, 2.75) is 18.4 Å². The van der Waals surface area contributed by atoms with E-state index < -0.39 is 0 Å². The maximum atomic E-state index is 5.29. The van der Waals surface area contributed by atoms with Crippen LogP contribution < -0.4 is 10.6 Å². The number of nitrogens with one attached hydrogen (secondary N) is 3. The van der Waals surface area contributed by atoms with E-state index in [0.717, 1.165) is 24.8 Å². The molecule has 136 valence electrons. The lowest BCUT2D eigenvalue weighted by Crippen LogP contribution is -2.38. The standard InChI is InChI=1S/C18H22N6OS/c1-2-19-18(20-10-12-26-14-7-4-3-5-8-14)21-13-16-22-17(24-23-16)15-9-6-11-25-15/h3-9,11H,2,10,12-13H2,1H3,(H2,19,20,21)(H,22,23,24). The number of guanidine groups is 1. The van der Waals surface area contributed by atoms with Gasteiger partial charge in [-0.15, -0.1) is 16.9 Å². The van der Waals surface area contributed by atoms with Crippen molar-refractivity contribution in [2.75, 3.05) is 18.8 Å². The van der Waals surface area contributed by atoms with Gasteiger partial charge in [0.1, 0.15) is 12.4 Å². The molecule has 0 spiro atoms. The maximum absolute atomic E-state index is 5.29. The SMILES string of the molecule is CCNC(=NCc1nc(-c2ccco2)n[nH]1)NCCSc1ccccc1. The number of rotatable bonds is 8. The van der Waals surface area contributed by atoms with Gasteiger partial charge in [-0.3, -0.25) is 5.10 Å². The van der Waals surface area contributed by atoms with Crippen LogP contribution in [0.15, 0.2) is 63.0 Å². The normalized spacial score (nSPS) is 11.5. The molecule has 0 bridgehead atoms. The monoisotopic (exact) mass is 370 g/mol. The van der Waals surface area contributed by atoms with Gasteiger partial charge in [-0.1, -0.05) is 18.2 Å². The minimum Gasteiger partial charge on any atom is -0.461 e. The number of aromatic nitrogens is 3. The highest BCUT2D eigenvalue weighted by atomic mass is 32.2. The molecule has 1 aromatic carbocycles. The first kappa shape index (κ1) is 18.1. The molecule has 3 N–H and O–H groups in total. The van der Waals surface area contributed by atoms with E-state index in [1.807, 2.05) is 36.9 Å². The van der Waals surface area contributed by atoms with E-state index in [0.29, 0.717) is 24.0 Å². The summed E-state index contributed by atoms with van der Waals surface area (Å²) in [6.07, 6.45) is 1.60. The molecule has 3 aromatic rings. The van der Waals surface area contributed by atoms with Gasteiger partial charge in [0.25, 0.3) is 0 Å². The molecular formula is C18H22N6OS.